The number of nitrogens with one attached hydrogen (secondary N) is 1. The highest BCUT2D eigenvalue weighted by Crippen LogP contribution is 2.24. The van der Waals surface area contributed by atoms with Gasteiger partial charge in [-0.25, -0.2) is 4.98 Å². The topological polar surface area (TPSA) is 49.0 Å². The molecule has 1 fully saturated rings. The number of imidazole rings is 1. The predicted octanol–water partition coefficient (Wildman–Crippen LogP) is 3.67. The molecule has 1 atom stereocenters. The Morgan fingerprint density at radius 3 is 2.91 bits per heavy atom. The molecule has 0 spiro atoms. The number of amides is 1. The fourth-order valence-corrected chi connectivity index (χ4v) is 3.77. The van der Waals surface area contributed by atoms with Gasteiger partial charge < -0.3 is 9.88 Å². The van der Waals surface area contributed by atoms with Gasteiger partial charge in [-0.3, -0.25) is 4.79 Å². The number of piperidine rings is 1. The Morgan fingerprint density at radius 1 is 1.36 bits per heavy atom. The molecule has 1 aromatic carbocycles. The highest BCUT2D eigenvalue weighted by Gasteiger charge is 2.23. The molecule has 1 aliphatic rings. The second-order valence-corrected chi connectivity index (χ2v) is 7.18. The number of hydrogen-bond donors (Lipinski definition) is 1. The third kappa shape index (κ3) is 3.14. The van der Waals surface area contributed by atoms with Crippen LogP contribution in [0.1, 0.15) is 37.3 Å². The average Bonchev–Trinajstić information content (AvgIpc) is 2.87. The first kappa shape index (κ1) is 15.4. The lowest BCUT2D eigenvalue weighted by Gasteiger charge is -2.33. The minimum atomic E-state index is 0.227. The van der Waals surface area contributed by atoms with Crippen molar-refractivity contribution in [3.05, 3.63) is 23.3 Å². The molecule has 1 amide bonds. The molecule has 2 heterocycles. The maximum Gasteiger partial charge on any atom is 0.233 e. The van der Waals surface area contributed by atoms with Crippen LogP contribution in [0, 0.1) is 13.8 Å². The van der Waals surface area contributed by atoms with E-state index >= 15 is 0 Å². The first-order chi connectivity index (χ1) is 10.5. The number of rotatable bonds is 3. The monoisotopic (exact) mass is 317 g/mol. The number of aromatic nitrogens is 2. The second-order valence-electron chi connectivity index (χ2n) is 6.22. The summed E-state index contributed by atoms with van der Waals surface area (Å²) in [6.07, 6.45) is 3.49. The third-order valence-electron chi connectivity index (χ3n) is 4.53. The molecule has 4 nitrogen and oxygen atoms in total. The van der Waals surface area contributed by atoms with Crippen LogP contribution in [0.2, 0.25) is 0 Å². The van der Waals surface area contributed by atoms with Crippen molar-refractivity contribution in [3.8, 4) is 0 Å². The second kappa shape index (κ2) is 6.32. The molecule has 3 rings (SSSR count). The molecule has 1 aliphatic heterocycles. The van der Waals surface area contributed by atoms with Crippen LogP contribution < -0.4 is 0 Å². The Balaban J connectivity index is 1.67. The van der Waals surface area contributed by atoms with Crippen molar-refractivity contribution in [1.82, 2.24) is 14.9 Å². The predicted molar refractivity (Wildman–Crippen MR) is 91.3 cm³/mol. The number of carbonyl (C=O) groups excluding carboxylic acids is 1. The maximum atomic E-state index is 12.4. The zero-order valence-corrected chi connectivity index (χ0v) is 14.3. The average molecular weight is 317 g/mol. The van der Waals surface area contributed by atoms with E-state index in [-0.39, 0.29) is 5.91 Å². The molecular formula is C17H23N3OS. The van der Waals surface area contributed by atoms with Crippen LogP contribution in [-0.4, -0.2) is 39.1 Å². The zero-order chi connectivity index (χ0) is 15.7. The summed E-state index contributed by atoms with van der Waals surface area (Å²) >= 11 is 1.50. The Bertz CT molecular complexity index is 656. The van der Waals surface area contributed by atoms with Gasteiger partial charge in [-0.2, -0.15) is 0 Å². The molecule has 0 saturated carbocycles. The number of carbonyl (C=O) groups is 1. The molecule has 1 N–H and O–H groups in total. The van der Waals surface area contributed by atoms with Crippen molar-refractivity contribution in [1.29, 1.82) is 0 Å². The first-order valence-corrected chi connectivity index (χ1v) is 8.92. The van der Waals surface area contributed by atoms with Crippen LogP contribution in [-0.2, 0) is 4.79 Å². The Morgan fingerprint density at radius 2 is 2.14 bits per heavy atom. The van der Waals surface area contributed by atoms with Crippen molar-refractivity contribution in [3.63, 3.8) is 0 Å². The number of aromatic amines is 1. The molecule has 0 bridgehead atoms. The fraction of sp³-hybridized carbons (Fsp3) is 0.529. The van der Waals surface area contributed by atoms with Gasteiger partial charge >= 0.3 is 0 Å². The highest BCUT2D eigenvalue weighted by atomic mass is 32.2. The van der Waals surface area contributed by atoms with Crippen molar-refractivity contribution >= 4 is 28.7 Å². The fourth-order valence-electron chi connectivity index (χ4n) is 3.00. The van der Waals surface area contributed by atoms with Crippen molar-refractivity contribution < 1.29 is 4.79 Å². The number of hydrogen-bond acceptors (Lipinski definition) is 3. The van der Waals surface area contributed by atoms with Gasteiger partial charge in [0.25, 0.3) is 0 Å². The van der Waals surface area contributed by atoms with E-state index in [1.54, 1.807) is 0 Å². The molecule has 0 radical (unpaired) electrons. The number of likely N-dealkylation sites (tertiary alicyclic amines) is 1. The molecular weight excluding hydrogens is 294 g/mol. The largest absolute Gasteiger partial charge is 0.339 e. The quantitative estimate of drug-likeness (QED) is 0.879. The summed E-state index contributed by atoms with van der Waals surface area (Å²) in [5.41, 5.74) is 4.52. The molecule has 5 heteroatoms. The van der Waals surface area contributed by atoms with Gasteiger partial charge in [0.05, 0.1) is 16.8 Å². The van der Waals surface area contributed by atoms with Gasteiger partial charge in [0, 0.05) is 12.6 Å². The van der Waals surface area contributed by atoms with Gasteiger partial charge in [-0.1, -0.05) is 11.8 Å². The van der Waals surface area contributed by atoms with Crippen molar-refractivity contribution in [2.45, 2.75) is 51.2 Å². The van der Waals surface area contributed by atoms with Crippen LogP contribution in [0.25, 0.3) is 11.0 Å². The first-order valence-electron chi connectivity index (χ1n) is 7.94. The number of aryl methyl sites for hydroxylation is 2. The minimum Gasteiger partial charge on any atom is -0.339 e. The summed E-state index contributed by atoms with van der Waals surface area (Å²) in [6, 6.07) is 4.60. The van der Waals surface area contributed by atoms with Gasteiger partial charge in [-0.05, 0) is 63.3 Å². The van der Waals surface area contributed by atoms with E-state index in [4.69, 9.17) is 0 Å². The normalized spacial score (nSPS) is 18.9. The van der Waals surface area contributed by atoms with Gasteiger partial charge in [0.2, 0.25) is 5.91 Å². The molecule has 22 heavy (non-hydrogen) atoms. The lowest BCUT2D eigenvalue weighted by Crippen LogP contribution is -2.42. The van der Waals surface area contributed by atoms with E-state index in [1.807, 2.05) is 4.90 Å². The van der Waals surface area contributed by atoms with Crippen LogP contribution >= 0.6 is 11.8 Å². The SMILES string of the molecule is Cc1cc2nc(SCC(=O)N3CCCCC3C)[nH]c2cc1C. The van der Waals surface area contributed by atoms with Crippen LogP contribution in [0.5, 0.6) is 0 Å². The Kier molecular flexibility index (Phi) is 4.43. The zero-order valence-electron chi connectivity index (χ0n) is 13.5. The van der Waals surface area contributed by atoms with Crippen LogP contribution in [0.3, 0.4) is 0 Å². The van der Waals surface area contributed by atoms with Crippen molar-refractivity contribution in [2.24, 2.45) is 0 Å². The van der Waals surface area contributed by atoms with Gasteiger partial charge in [0.15, 0.2) is 5.16 Å². The summed E-state index contributed by atoms with van der Waals surface area (Å²) in [7, 11) is 0. The molecule has 1 aromatic heterocycles. The summed E-state index contributed by atoms with van der Waals surface area (Å²) < 4.78 is 0. The minimum absolute atomic E-state index is 0.227. The van der Waals surface area contributed by atoms with E-state index in [0.29, 0.717) is 11.8 Å². The highest BCUT2D eigenvalue weighted by molar-refractivity contribution is 7.99. The number of benzene rings is 1. The van der Waals surface area contributed by atoms with Gasteiger partial charge in [-0.15, -0.1) is 0 Å². The summed E-state index contributed by atoms with van der Waals surface area (Å²) in [5, 5.41) is 0.831. The van der Waals surface area contributed by atoms with Crippen molar-refractivity contribution in [2.75, 3.05) is 12.3 Å². The molecule has 1 unspecified atom stereocenters. The summed E-state index contributed by atoms with van der Waals surface area (Å²) in [6.45, 7) is 7.24. The van der Waals surface area contributed by atoms with E-state index in [9.17, 15) is 4.79 Å². The molecule has 1 saturated heterocycles. The Hall–Kier alpha value is -1.49. The number of H-pyrrole nitrogens is 1. The van der Waals surface area contributed by atoms with E-state index < -0.39 is 0 Å². The van der Waals surface area contributed by atoms with Crippen LogP contribution in [0.4, 0.5) is 0 Å². The van der Waals surface area contributed by atoms with Gasteiger partial charge in [0.1, 0.15) is 0 Å². The number of fused-ring (bicyclic) bond motifs is 1. The molecule has 2 aromatic rings. The standard InChI is InChI=1S/C17H23N3OS/c1-11-8-14-15(9-12(11)2)19-17(18-14)22-10-16(21)20-7-5-4-6-13(20)3/h8-9,13H,4-7,10H2,1-3H3,(H,18,19). The lowest BCUT2D eigenvalue weighted by atomic mass is 10.0. The van der Waals surface area contributed by atoms with E-state index in [2.05, 4.69) is 42.9 Å². The smallest absolute Gasteiger partial charge is 0.233 e. The molecule has 118 valence electrons. The van der Waals surface area contributed by atoms with Crippen LogP contribution in [0.15, 0.2) is 17.3 Å². The third-order valence-corrected chi connectivity index (χ3v) is 5.39. The Labute approximate surface area is 135 Å². The lowest BCUT2D eigenvalue weighted by molar-refractivity contribution is -0.131. The summed E-state index contributed by atoms with van der Waals surface area (Å²) in [4.78, 5) is 22.3. The number of nitrogens with zero attached hydrogens (tertiary/aromatic N) is 2. The number of thioether (sulfide) groups is 1. The van der Waals surface area contributed by atoms with E-state index in [0.717, 1.165) is 35.6 Å². The molecule has 0 aliphatic carbocycles. The maximum absolute atomic E-state index is 12.4. The summed E-state index contributed by atoms with van der Waals surface area (Å²) in [5.74, 6) is 0.687. The van der Waals surface area contributed by atoms with E-state index in [1.165, 1.54) is 29.3 Å².